The lowest BCUT2D eigenvalue weighted by molar-refractivity contribution is 0.103. The van der Waals surface area contributed by atoms with Crippen molar-refractivity contribution < 1.29 is 9.53 Å². The van der Waals surface area contributed by atoms with Crippen LogP contribution in [0.25, 0.3) is 15.9 Å². The summed E-state index contributed by atoms with van der Waals surface area (Å²) in [6, 6.07) is 16.8. The number of carbonyl (C=O) groups is 1. The molecule has 164 valence electrons. The minimum absolute atomic E-state index is 0.190. The maximum Gasteiger partial charge on any atom is 0.321 e. The first-order valence-electron chi connectivity index (χ1n) is 10.1. The molecule has 0 aliphatic heterocycles. The number of hydrogen-bond acceptors (Lipinski definition) is 6. The summed E-state index contributed by atoms with van der Waals surface area (Å²) in [5, 5.41) is 9.12. The van der Waals surface area contributed by atoms with Crippen LogP contribution < -0.4 is 10.1 Å². The third-order valence-corrected chi connectivity index (χ3v) is 6.48. The molecule has 1 amide bonds. The molecule has 0 aliphatic carbocycles. The number of ether oxygens (including phenoxy) is 1. The van der Waals surface area contributed by atoms with Gasteiger partial charge in [0.05, 0.1) is 21.3 Å². The normalized spacial score (nSPS) is 11.0. The molecule has 0 saturated carbocycles. The van der Waals surface area contributed by atoms with Crippen LogP contribution in [0.15, 0.2) is 67.0 Å². The van der Waals surface area contributed by atoms with Gasteiger partial charge in [0.1, 0.15) is 10.6 Å². The first-order chi connectivity index (χ1) is 16.0. The SMILES string of the molecule is Cc1cc(Oc2ncccn2)ccc1NC(=O)c1cc2c(C)nn(-c3ccccc3Cl)c2s1. The fourth-order valence-electron chi connectivity index (χ4n) is 3.41. The molecule has 2 aromatic carbocycles. The lowest BCUT2D eigenvalue weighted by Crippen LogP contribution is -2.11. The zero-order valence-corrected chi connectivity index (χ0v) is 19.3. The van der Waals surface area contributed by atoms with Crippen molar-refractivity contribution in [3.8, 4) is 17.4 Å². The van der Waals surface area contributed by atoms with Crippen LogP contribution >= 0.6 is 22.9 Å². The minimum atomic E-state index is -0.190. The van der Waals surface area contributed by atoms with E-state index in [1.54, 1.807) is 35.3 Å². The summed E-state index contributed by atoms with van der Waals surface area (Å²) in [6.07, 6.45) is 3.23. The van der Waals surface area contributed by atoms with Gasteiger partial charge in [-0.15, -0.1) is 11.3 Å². The summed E-state index contributed by atoms with van der Waals surface area (Å²) in [5.41, 5.74) is 3.17. The number of rotatable bonds is 5. The Morgan fingerprint density at radius 1 is 1.06 bits per heavy atom. The van der Waals surface area contributed by atoms with Gasteiger partial charge in [-0.05, 0) is 61.9 Å². The zero-order valence-electron chi connectivity index (χ0n) is 17.7. The fraction of sp³-hybridized carbons (Fsp3) is 0.0833. The maximum atomic E-state index is 13.0. The molecular formula is C24H18ClN5O2S. The summed E-state index contributed by atoms with van der Waals surface area (Å²) in [6.45, 7) is 3.82. The number of nitrogens with one attached hydrogen (secondary N) is 1. The highest BCUT2D eigenvalue weighted by Crippen LogP contribution is 2.33. The van der Waals surface area contributed by atoms with Gasteiger partial charge in [0.15, 0.2) is 0 Å². The summed E-state index contributed by atoms with van der Waals surface area (Å²) >= 11 is 7.75. The Balaban J connectivity index is 1.39. The predicted octanol–water partition coefficient (Wildman–Crippen LogP) is 6.19. The molecule has 33 heavy (non-hydrogen) atoms. The molecule has 0 radical (unpaired) electrons. The van der Waals surface area contributed by atoms with Crippen LogP contribution in [0.4, 0.5) is 5.69 Å². The highest BCUT2D eigenvalue weighted by Gasteiger charge is 2.19. The Kier molecular flexibility index (Phi) is 5.53. The molecule has 0 saturated heterocycles. The van der Waals surface area contributed by atoms with E-state index in [1.165, 1.54) is 11.3 Å². The fourth-order valence-corrected chi connectivity index (χ4v) is 4.70. The van der Waals surface area contributed by atoms with E-state index < -0.39 is 0 Å². The first-order valence-corrected chi connectivity index (χ1v) is 11.3. The number of anilines is 1. The van der Waals surface area contributed by atoms with Gasteiger partial charge in [0.2, 0.25) is 0 Å². The van der Waals surface area contributed by atoms with Crippen LogP contribution in [0.2, 0.25) is 5.02 Å². The summed E-state index contributed by atoms with van der Waals surface area (Å²) in [5.74, 6) is 0.401. The van der Waals surface area contributed by atoms with Gasteiger partial charge in [-0.2, -0.15) is 5.10 Å². The highest BCUT2D eigenvalue weighted by molar-refractivity contribution is 7.20. The van der Waals surface area contributed by atoms with Gasteiger partial charge in [-0.25, -0.2) is 14.6 Å². The van der Waals surface area contributed by atoms with Crippen LogP contribution in [0.5, 0.6) is 11.8 Å². The number of para-hydroxylation sites is 1. The predicted molar refractivity (Wildman–Crippen MR) is 130 cm³/mol. The largest absolute Gasteiger partial charge is 0.424 e. The van der Waals surface area contributed by atoms with Gasteiger partial charge < -0.3 is 10.1 Å². The highest BCUT2D eigenvalue weighted by atomic mass is 35.5. The van der Waals surface area contributed by atoms with E-state index in [9.17, 15) is 4.79 Å². The molecule has 0 aliphatic rings. The number of halogens is 1. The van der Waals surface area contributed by atoms with Gasteiger partial charge in [0, 0.05) is 23.5 Å². The molecule has 5 aromatic rings. The zero-order chi connectivity index (χ0) is 22.9. The molecule has 0 atom stereocenters. The Morgan fingerprint density at radius 2 is 1.85 bits per heavy atom. The van der Waals surface area contributed by atoms with E-state index >= 15 is 0 Å². The topological polar surface area (TPSA) is 81.9 Å². The Labute approximate surface area is 198 Å². The summed E-state index contributed by atoms with van der Waals surface area (Å²) < 4.78 is 7.45. The lowest BCUT2D eigenvalue weighted by atomic mass is 10.2. The molecule has 9 heteroatoms. The van der Waals surface area contributed by atoms with Crippen LogP contribution in [-0.4, -0.2) is 25.7 Å². The number of amides is 1. The molecule has 5 rings (SSSR count). The van der Waals surface area contributed by atoms with Crippen molar-refractivity contribution in [2.75, 3.05) is 5.32 Å². The number of aromatic nitrogens is 4. The third-order valence-electron chi connectivity index (χ3n) is 5.05. The average molecular weight is 476 g/mol. The number of aryl methyl sites for hydroxylation is 2. The van der Waals surface area contributed by atoms with Gasteiger partial charge >= 0.3 is 6.01 Å². The van der Waals surface area contributed by atoms with Crippen molar-refractivity contribution in [2.45, 2.75) is 13.8 Å². The number of carbonyl (C=O) groups excluding carboxylic acids is 1. The maximum absolute atomic E-state index is 13.0. The molecule has 7 nitrogen and oxygen atoms in total. The Bertz CT molecular complexity index is 1480. The molecule has 0 fully saturated rings. The molecular weight excluding hydrogens is 458 g/mol. The van der Waals surface area contributed by atoms with Gasteiger partial charge in [0.25, 0.3) is 5.91 Å². The first kappa shape index (κ1) is 21.1. The number of thiophene rings is 1. The van der Waals surface area contributed by atoms with Gasteiger partial charge in [-0.1, -0.05) is 23.7 Å². The second-order valence-electron chi connectivity index (χ2n) is 7.34. The quantitative estimate of drug-likeness (QED) is 0.327. The number of benzene rings is 2. The standard InChI is InChI=1S/C24H18ClN5O2S/c1-14-12-16(32-24-26-10-5-11-27-24)8-9-19(14)28-22(31)21-13-17-15(2)29-30(23(17)33-21)20-7-4-3-6-18(20)25/h3-13H,1-2H3,(H,28,31). The van der Waals surface area contributed by atoms with Crippen molar-refractivity contribution in [3.05, 3.63) is 88.1 Å². The number of hydrogen-bond donors (Lipinski definition) is 1. The van der Waals surface area contributed by atoms with E-state index in [4.69, 9.17) is 16.3 Å². The average Bonchev–Trinajstić information content (AvgIpc) is 3.38. The number of fused-ring (bicyclic) bond motifs is 1. The van der Waals surface area contributed by atoms with Gasteiger partial charge in [-0.3, -0.25) is 4.79 Å². The van der Waals surface area contributed by atoms with Crippen molar-refractivity contribution in [1.82, 2.24) is 19.7 Å². The number of nitrogens with zero attached hydrogens (tertiary/aromatic N) is 4. The molecule has 0 bridgehead atoms. The second kappa shape index (κ2) is 8.65. The van der Waals surface area contributed by atoms with Crippen LogP contribution in [0, 0.1) is 13.8 Å². The van der Waals surface area contributed by atoms with Crippen molar-refractivity contribution in [1.29, 1.82) is 0 Å². The lowest BCUT2D eigenvalue weighted by Gasteiger charge is -2.10. The van der Waals surface area contributed by atoms with Crippen LogP contribution in [-0.2, 0) is 0 Å². The van der Waals surface area contributed by atoms with E-state index in [-0.39, 0.29) is 11.9 Å². The molecule has 3 heterocycles. The molecule has 3 aromatic heterocycles. The third kappa shape index (κ3) is 4.18. The van der Waals surface area contributed by atoms with E-state index in [2.05, 4.69) is 20.4 Å². The van der Waals surface area contributed by atoms with Crippen LogP contribution in [0.3, 0.4) is 0 Å². The van der Waals surface area contributed by atoms with Crippen LogP contribution in [0.1, 0.15) is 20.9 Å². The van der Waals surface area contributed by atoms with E-state index in [1.807, 2.05) is 50.2 Å². The Hall–Kier alpha value is -3.75. The molecule has 0 spiro atoms. The molecule has 0 unspecified atom stereocenters. The monoisotopic (exact) mass is 475 g/mol. The summed E-state index contributed by atoms with van der Waals surface area (Å²) in [4.78, 5) is 22.6. The second-order valence-corrected chi connectivity index (χ2v) is 8.78. The summed E-state index contributed by atoms with van der Waals surface area (Å²) in [7, 11) is 0. The molecule has 1 N–H and O–H groups in total. The van der Waals surface area contributed by atoms with Crippen molar-refractivity contribution in [2.24, 2.45) is 0 Å². The van der Waals surface area contributed by atoms with Crippen molar-refractivity contribution in [3.63, 3.8) is 0 Å². The smallest absolute Gasteiger partial charge is 0.321 e. The van der Waals surface area contributed by atoms with E-state index in [0.717, 1.165) is 27.2 Å². The Morgan fingerprint density at radius 3 is 2.61 bits per heavy atom. The minimum Gasteiger partial charge on any atom is -0.424 e. The van der Waals surface area contributed by atoms with Crippen molar-refractivity contribution >= 4 is 44.7 Å². The van der Waals surface area contributed by atoms with E-state index in [0.29, 0.717) is 21.3 Å².